The molecule has 0 bridgehead atoms. The van der Waals surface area contributed by atoms with Crippen molar-refractivity contribution >= 4 is 5.96 Å². The van der Waals surface area contributed by atoms with Crippen molar-refractivity contribution < 1.29 is 13.5 Å². The van der Waals surface area contributed by atoms with Gasteiger partial charge in [0.15, 0.2) is 17.5 Å². The SMILES string of the molecule is CN=C(NCCc1ccn(-c2ccc(F)cc2)n1)NC(C)c1ccc(OC)c(F)c1. The molecule has 0 spiro atoms. The number of hydrogen-bond donors (Lipinski definition) is 2. The van der Waals surface area contributed by atoms with E-state index in [1.54, 1.807) is 29.9 Å². The van der Waals surface area contributed by atoms with Crippen LogP contribution in [0.25, 0.3) is 5.69 Å². The third-order valence-corrected chi connectivity index (χ3v) is 4.66. The van der Waals surface area contributed by atoms with Gasteiger partial charge in [0.05, 0.1) is 24.5 Å². The van der Waals surface area contributed by atoms with Gasteiger partial charge in [0.1, 0.15) is 5.82 Å². The summed E-state index contributed by atoms with van der Waals surface area (Å²) in [5.41, 5.74) is 2.48. The van der Waals surface area contributed by atoms with Crippen LogP contribution in [-0.2, 0) is 6.42 Å². The van der Waals surface area contributed by atoms with Crippen LogP contribution in [0, 0.1) is 11.6 Å². The van der Waals surface area contributed by atoms with Gasteiger partial charge in [-0.05, 0) is 55.0 Å². The molecule has 8 heteroatoms. The predicted molar refractivity (Wildman–Crippen MR) is 113 cm³/mol. The molecule has 6 nitrogen and oxygen atoms in total. The molecule has 1 atom stereocenters. The van der Waals surface area contributed by atoms with Crippen LogP contribution in [0.15, 0.2) is 59.7 Å². The highest BCUT2D eigenvalue weighted by Crippen LogP contribution is 2.21. The second-order valence-corrected chi connectivity index (χ2v) is 6.74. The van der Waals surface area contributed by atoms with Crippen molar-refractivity contribution in [3.05, 3.63) is 77.6 Å². The molecule has 0 amide bonds. The maximum Gasteiger partial charge on any atom is 0.191 e. The Labute approximate surface area is 174 Å². The number of hydrogen-bond acceptors (Lipinski definition) is 3. The normalized spacial score (nSPS) is 12.5. The van der Waals surface area contributed by atoms with Crippen molar-refractivity contribution in [3.63, 3.8) is 0 Å². The van der Waals surface area contributed by atoms with Crippen LogP contribution < -0.4 is 15.4 Å². The van der Waals surface area contributed by atoms with Gasteiger partial charge in [-0.3, -0.25) is 4.99 Å². The molecule has 0 saturated heterocycles. The first kappa shape index (κ1) is 21.3. The molecule has 0 aliphatic rings. The van der Waals surface area contributed by atoms with E-state index in [2.05, 4.69) is 20.7 Å². The first-order chi connectivity index (χ1) is 14.5. The number of benzene rings is 2. The lowest BCUT2D eigenvalue weighted by molar-refractivity contribution is 0.386. The second-order valence-electron chi connectivity index (χ2n) is 6.74. The van der Waals surface area contributed by atoms with Gasteiger partial charge < -0.3 is 15.4 Å². The molecule has 1 aromatic heterocycles. The standard InChI is InChI=1S/C22H25F2N5O/c1-15(16-4-9-21(30-3)20(24)14-16)27-22(25-2)26-12-10-18-11-13-29(28-18)19-7-5-17(23)6-8-19/h4-9,11,13-15H,10,12H2,1-3H3,(H2,25,26,27). The maximum atomic E-state index is 13.9. The Morgan fingerprint density at radius 3 is 2.60 bits per heavy atom. The van der Waals surface area contributed by atoms with Gasteiger partial charge in [-0.2, -0.15) is 5.10 Å². The van der Waals surface area contributed by atoms with E-state index >= 15 is 0 Å². The molecule has 0 saturated carbocycles. The number of nitrogens with one attached hydrogen (secondary N) is 2. The Balaban J connectivity index is 1.52. The van der Waals surface area contributed by atoms with Gasteiger partial charge in [0.2, 0.25) is 0 Å². The zero-order chi connectivity index (χ0) is 21.5. The molecule has 1 heterocycles. The van der Waals surface area contributed by atoms with Crippen molar-refractivity contribution in [1.82, 2.24) is 20.4 Å². The van der Waals surface area contributed by atoms with Gasteiger partial charge >= 0.3 is 0 Å². The number of guanidine groups is 1. The predicted octanol–water partition coefficient (Wildman–Crippen LogP) is 3.63. The van der Waals surface area contributed by atoms with Crippen LogP contribution in [0.4, 0.5) is 8.78 Å². The fourth-order valence-corrected chi connectivity index (χ4v) is 2.98. The Morgan fingerprint density at radius 1 is 1.17 bits per heavy atom. The average Bonchev–Trinajstić information content (AvgIpc) is 3.22. The Kier molecular flexibility index (Phi) is 7.00. The molecule has 3 aromatic rings. The van der Waals surface area contributed by atoms with E-state index in [9.17, 15) is 8.78 Å². The van der Waals surface area contributed by atoms with E-state index in [-0.39, 0.29) is 17.6 Å². The minimum absolute atomic E-state index is 0.144. The number of ether oxygens (including phenoxy) is 1. The quantitative estimate of drug-likeness (QED) is 0.459. The Morgan fingerprint density at radius 2 is 1.93 bits per heavy atom. The lowest BCUT2D eigenvalue weighted by atomic mass is 10.1. The lowest BCUT2D eigenvalue weighted by Crippen LogP contribution is -2.39. The molecule has 0 aliphatic heterocycles. The Bertz CT molecular complexity index is 1000. The summed E-state index contributed by atoms with van der Waals surface area (Å²) in [5, 5.41) is 11.0. The van der Waals surface area contributed by atoms with Crippen molar-refractivity contribution in [1.29, 1.82) is 0 Å². The van der Waals surface area contributed by atoms with Gasteiger partial charge in [-0.25, -0.2) is 13.5 Å². The highest BCUT2D eigenvalue weighted by molar-refractivity contribution is 5.80. The molecule has 0 radical (unpaired) electrons. The van der Waals surface area contributed by atoms with Crippen molar-refractivity contribution in [2.45, 2.75) is 19.4 Å². The smallest absolute Gasteiger partial charge is 0.191 e. The summed E-state index contributed by atoms with van der Waals surface area (Å²) >= 11 is 0. The molecule has 0 aliphatic carbocycles. The first-order valence-electron chi connectivity index (χ1n) is 9.61. The van der Waals surface area contributed by atoms with E-state index in [1.807, 2.05) is 25.3 Å². The third-order valence-electron chi connectivity index (χ3n) is 4.66. The highest BCUT2D eigenvalue weighted by Gasteiger charge is 2.11. The fourth-order valence-electron chi connectivity index (χ4n) is 2.98. The van der Waals surface area contributed by atoms with Gasteiger partial charge in [-0.15, -0.1) is 0 Å². The van der Waals surface area contributed by atoms with Crippen LogP contribution in [0.2, 0.25) is 0 Å². The van der Waals surface area contributed by atoms with E-state index in [1.165, 1.54) is 25.3 Å². The number of rotatable bonds is 7. The largest absolute Gasteiger partial charge is 0.494 e. The zero-order valence-corrected chi connectivity index (χ0v) is 17.2. The summed E-state index contributed by atoms with van der Waals surface area (Å²) in [6.45, 7) is 2.54. The molecule has 2 N–H and O–H groups in total. The average molecular weight is 413 g/mol. The van der Waals surface area contributed by atoms with E-state index in [0.717, 1.165) is 16.9 Å². The van der Waals surface area contributed by atoms with E-state index in [4.69, 9.17) is 4.74 Å². The van der Waals surface area contributed by atoms with Crippen LogP contribution >= 0.6 is 0 Å². The molecular formula is C22H25F2N5O. The highest BCUT2D eigenvalue weighted by atomic mass is 19.1. The van der Waals surface area contributed by atoms with Crippen LogP contribution in [0.5, 0.6) is 5.75 Å². The summed E-state index contributed by atoms with van der Waals surface area (Å²) in [7, 11) is 3.12. The lowest BCUT2D eigenvalue weighted by Gasteiger charge is -2.18. The summed E-state index contributed by atoms with van der Waals surface area (Å²) in [6.07, 6.45) is 2.52. The van der Waals surface area contributed by atoms with Gasteiger partial charge in [0, 0.05) is 26.2 Å². The summed E-state index contributed by atoms with van der Waals surface area (Å²) in [6, 6.07) is 12.8. The fraction of sp³-hybridized carbons (Fsp3) is 0.273. The Hall–Kier alpha value is -3.42. The summed E-state index contributed by atoms with van der Waals surface area (Å²) < 4.78 is 33.7. The molecular weight excluding hydrogens is 388 g/mol. The van der Waals surface area contributed by atoms with Crippen molar-refractivity contribution in [2.24, 2.45) is 4.99 Å². The number of aromatic nitrogens is 2. The van der Waals surface area contributed by atoms with Crippen molar-refractivity contribution in [3.8, 4) is 11.4 Å². The van der Waals surface area contributed by atoms with E-state index in [0.29, 0.717) is 18.9 Å². The molecule has 0 fully saturated rings. The van der Waals surface area contributed by atoms with E-state index < -0.39 is 5.82 Å². The molecule has 3 rings (SSSR count). The van der Waals surface area contributed by atoms with Crippen LogP contribution in [-0.4, -0.2) is 36.4 Å². The summed E-state index contributed by atoms with van der Waals surface area (Å²) in [5.74, 6) is 0.148. The third kappa shape index (κ3) is 5.34. The van der Waals surface area contributed by atoms with Gasteiger partial charge in [-0.1, -0.05) is 6.07 Å². The zero-order valence-electron chi connectivity index (χ0n) is 17.2. The first-order valence-corrected chi connectivity index (χ1v) is 9.61. The summed E-state index contributed by atoms with van der Waals surface area (Å²) in [4.78, 5) is 4.22. The number of nitrogens with zero attached hydrogens (tertiary/aromatic N) is 3. The minimum Gasteiger partial charge on any atom is -0.494 e. The van der Waals surface area contributed by atoms with Crippen LogP contribution in [0.3, 0.4) is 0 Å². The second kappa shape index (κ2) is 9.87. The number of aliphatic imine (C=N–C) groups is 1. The van der Waals surface area contributed by atoms with Crippen LogP contribution in [0.1, 0.15) is 24.2 Å². The minimum atomic E-state index is -0.400. The van der Waals surface area contributed by atoms with Gasteiger partial charge in [0.25, 0.3) is 0 Å². The molecule has 2 aromatic carbocycles. The molecule has 30 heavy (non-hydrogen) atoms. The monoisotopic (exact) mass is 413 g/mol. The maximum absolute atomic E-state index is 13.9. The molecule has 158 valence electrons. The van der Waals surface area contributed by atoms with Crippen molar-refractivity contribution in [2.75, 3.05) is 20.7 Å². The number of methoxy groups -OCH3 is 1. The number of halogens is 2. The molecule has 1 unspecified atom stereocenters. The topological polar surface area (TPSA) is 63.5 Å².